The van der Waals surface area contributed by atoms with Crippen LogP contribution in [0.3, 0.4) is 0 Å². The molecule has 0 N–H and O–H groups in total. The molecule has 2 nitrogen and oxygen atoms in total. The zero-order chi connectivity index (χ0) is 13.1. The third-order valence-corrected chi connectivity index (χ3v) is 3.18. The van der Waals surface area contributed by atoms with E-state index in [1.54, 1.807) is 30.6 Å². The van der Waals surface area contributed by atoms with E-state index in [-0.39, 0.29) is 18.0 Å². The van der Waals surface area contributed by atoms with Crippen molar-refractivity contribution < 1.29 is 9.18 Å². The molecule has 0 saturated heterocycles. The Morgan fingerprint density at radius 3 is 2.83 bits per heavy atom. The summed E-state index contributed by atoms with van der Waals surface area (Å²) >= 11 is 3.19. The second kappa shape index (κ2) is 5.40. The van der Waals surface area contributed by atoms with Crippen LogP contribution < -0.4 is 0 Å². The van der Waals surface area contributed by atoms with Gasteiger partial charge in [0.25, 0.3) is 0 Å². The normalized spacial score (nSPS) is 10.4. The highest BCUT2D eigenvalue weighted by atomic mass is 79.9. The summed E-state index contributed by atoms with van der Waals surface area (Å²) < 4.78 is 14.3. The molecular weight excluding hydrogens is 297 g/mol. The Labute approximate surface area is 113 Å². The molecule has 0 aliphatic heterocycles. The molecule has 0 aliphatic carbocycles. The number of aromatic nitrogens is 1. The Kier molecular flexibility index (Phi) is 3.87. The Bertz CT molecular complexity index is 598. The van der Waals surface area contributed by atoms with Crippen molar-refractivity contribution >= 4 is 21.7 Å². The lowest BCUT2D eigenvalue weighted by atomic mass is 10.0. The van der Waals surface area contributed by atoms with Gasteiger partial charge in [-0.05, 0) is 36.2 Å². The number of rotatable bonds is 3. The fourth-order valence-corrected chi connectivity index (χ4v) is 2.05. The van der Waals surface area contributed by atoms with Crippen LogP contribution in [-0.4, -0.2) is 10.8 Å². The van der Waals surface area contributed by atoms with Crippen molar-refractivity contribution in [2.24, 2.45) is 0 Å². The number of hydrogen-bond donors (Lipinski definition) is 0. The second-order valence-electron chi connectivity index (χ2n) is 4.03. The molecule has 2 aromatic rings. The molecule has 92 valence electrons. The van der Waals surface area contributed by atoms with Gasteiger partial charge in [0.2, 0.25) is 0 Å². The van der Waals surface area contributed by atoms with Crippen molar-refractivity contribution in [2.45, 2.75) is 13.3 Å². The van der Waals surface area contributed by atoms with Crippen LogP contribution in [0, 0.1) is 12.7 Å². The second-order valence-corrected chi connectivity index (χ2v) is 4.94. The number of ketones is 1. The molecule has 0 amide bonds. The molecule has 0 bridgehead atoms. The number of pyridine rings is 1. The van der Waals surface area contributed by atoms with E-state index in [1.165, 1.54) is 6.07 Å². The van der Waals surface area contributed by atoms with Crippen molar-refractivity contribution in [3.63, 3.8) is 0 Å². The average Bonchev–Trinajstić information content (AvgIpc) is 2.33. The van der Waals surface area contributed by atoms with Crippen molar-refractivity contribution in [3.05, 3.63) is 63.6 Å². The maximum atomic E-state index is 13.6. The van der Waals surface area contributed by atoms with Crippen LogP contribution in [0.5, 0.6) is 0 Å². The van der Waals surface area contributed by atoms with E-state index in [9.17, 15) is 9.18 Å². The third-order valence-electron chi connectivity index (χ3n) is 2.69. The van der Waals surface area contributed by atoms with Gasteiger partial charge in [-0.1, -0.05) is 22.0 Å². The molecular formula is C14H11BrFNO. The molecule has 0 fully saturated rings. The van der Waals surface area contributed by atoms with Gasteiger partial charge in [0, 0.05) is 28.9 Å². The topological polar surface area (TPSA) is 30.0 Å². The number of halogens is 2. The molecule has 0 radical (unpaired) electrons. The van der Waals surface area contributed by atoms with E-state index in [0.29, 0.717) is 15.6 Å². The van der Waals surface area contributed by atoms with Crippen LogP contribution in [0.2, 0.25) is 0 Å². The number of Topliss-reactive ketones (excluding diaryl/α,β-unsaturated/α-hetero) is 1. The fraction of sp³-hybridized carbons (Fsp3) is 0.143. The summed E-state index contributed by atoms with van der Waals surface area (Å²) in [4.78, 5) is 16.0. The summed E-state index contributed by atoms with van der Waals surface area (Å²) in [6, 6.07) is 6.37. The molecule has 0 unspecified atom stereocenters. The molecule has 0 atom stereocenters. The Morgan fingerprint density at radius 1 is 1.39 bits per heavy atom. The van der Waals surface area contributed by atoms with Gasteiger partial charge < -0.3 is 0 Å². The first-order valence-corrected chi connectivity index (χ1v) is 6.25. The minimum absolute atomic E-state index is 0.0595. The van der Waals surface area contributed by atoms with Gasteiger partial charge in [-0.15, -0.1) is 0 Å². The van der Waals surface area contributed by atoms with Gasteiger partial charge in [0.1, 0.15) is 5.82 Å². The minimum atomic E-state index is -0.371. The van der Waals surface area contributed by atoms with E-state index >= 15 is 0 Å². The smallest absolute Gasteiger partial charge is 0.167 e. The van der Waals surface area contributed by atoms with Crippen molar-refractivity contribution in [1.29, 1.82) is 0 Å². The molecule has 4 heteroatoms. The molecule has 0 aliphatic rings. The van der Waals surface area contributed by atoms with Crippen LogP contribution in [0.4, 0.5) is 4.39 Å². The van der Waals surface area contributed by atoms with Gasteiger partial charge in [-0.2, -0.15) is 0 Å². The summed E-state index contributed by atoms with van der Waals surface area (Å²) in [7, 11) is 0. The number of benzene rings is 1. The first-order chi connectivity index (χ1) is 8.58. The van der Waals surface area contributed by atoms with Gasteiger partial charge in [-0.3, -0.25) is 9.78 Å². The van der Waals surface area contributed by atoms with Crippen molar-refractivity contribution in [2.75, 3.05) is 0 Å². The van der Waals surface area contributed by atoms with E-state index in [2.05, 4.69) is 20.9 Å². The molecule has 1 heterocycles. The quantitative estimate of drug-likeness (QED) is 0.809. The van der Waals surface area contributed by atoms with Crippen LogP contribution in [-0.2, 0) is 6.42 Å². The molecule has 0 spiro atoms. The van der Waals surface area contributed by atoms with Gasteiger partial charge in [0.05, 0.1) is 0 Å². The SMILES string of the molecule is Cc1cnccc1C(=O)Cc1ccc(Br)cc1F. The molecule has 0 saturated carbocycles. The standard InChI is InChI=1S/C14H11BrFNO/c1-9-8-17-5-4-12(9)14(18)6-10-2-3-11(15)7-13(10)16/h2-5,7-8H,6H2,1H3. The number of aryl methyl sites for hydroxylation is 1. The summed E-state index contributed by atoms with van der Waals surface area (Å²) in [5.41, 5.74) is 1.80. The summed E-state index contributed by atoms with van der Waals surface area (Å²) in [5, 5.41) is 0. The van der Waals surface area contributed by atoms with Crippen LogP contribution in [0.15, 0.2) is 41.1 Å². The largest absolute Gasteiger partial charge is 0.294 e. The Balaban J connectivity index is 2.24. The first-order valence-electron chi connectivity index (χ1n) is 5.45. The number of carbonyl (C=O) groups excluding carboxylic acids is 1. The predicted octanol–water partition coefficient (Wildman–Crippen LogP) is 3.72. The van der Waals surface area contributed by atoms with E-state index in [4.69, 9.17) is 0 Å². The maximum Gasteiger partial charge on any atom is 0.167 e. The maximum absolute atomic E-state index is 13.6. The zero-order valence-corrected chi connectivity index (χ0v) is 11.4. The lowest BCUT2D eigenvalue weighted by molar-refractivity contribution is 0.0991. The van der Waals surface area contributed by atoms with Crippen LogP contribution in [0.25, 0.3) is 0 Å². The summed E-state index contributed by atoms with van der Waals surface area (Å²) in [6.07, 6.45) is 3.26. The van der Waals surface area contributed by atoms with E-state index in [1.807, 2.05) is 6.92 Å². The Hall–Kier alpha value is -1.55. The number of carbonyl (C=O) groups is 1. The molecule has 1 aromatic carbocycles. The van der Waals surface area contributed by atoms with Gasteiger partial charge >= 0.3 is 0 Å². The number of nitrogens with zero attached hydrogens (tertiary/aromatic N) is 1. The zero-order valence-electron chi connectivity index (χ0n) is 9.78. The highest BCUT2D eigenvalue weighted by molar-refractivity contribution is 9.10. The van der Waals surface area contributed by atoms with E-state index < -0.39 is 0 Å². The fourth-order valence-electron chi connectivity index (χ4n) is 1.72. The van der Waals surface area contributed by atoms with E-state index in [0.717, 1.165) is 5.56 Å². The van der Waals surface area contributed by atoms with Crippen LogP contribution in [0.1, 0.15) is 21.5 Å². The minimum Gasteiger partial charge on any atom is -0.294 e. The van der Waals surface area contributed by atoms with Crippen LogP contribution >= 0.6 is 15.9 Å². The summed E-state index contributed by atoms with van der Waals surface area (Å²) in [5.74, 6) is -0.472. The number of hydrogen-bond acceptors (Lipinski definition) is 2. The van der Waals surface area contributed by atoms with Gasteiger partial charge in [0.15, 0.2) is 5.78 Å². The first kappa shape index (κ1) is 12.9. The van der Waals surface area contributed by atoms with Crippen molar-refractivity contribution in [1.82, 2.24) is 4.98 Å². The predicted molar refractivity (Wildman–Crippen MR) is 71.1 cm³/mol. The lowest BCUT2D eigenvalue weighted by Crippen LogP contribution is -2.07. The highest BCUT2D eigenvalue weighted by Gasteiger charge is 2.12. The average molecular weight is 308 g/mol. The molecule has 18 heavy (non-hydrogen) atoms. The Morgan fingerprint density at radius 2 is 2.17 bits per heavy atom. The summed E-state index contributed by atoms with van der Waals surface area (Å²) in [6.45, 7) is 1.82. The molecule has 1 aromatic heterocycles. The van der Waals surface area contributed by atoms with Crippen molar-refractivity contribution in [3.8, 4) is 0 Å². The molecule has 2 rings (SSSR count). The highest BCUT2D eigenvalue weighted by Crippen LogP contribution is 2.17. The monoisotopic (exact) mass is 307 g/mol. The van der Waals surface area contributed by atoms with Gasteiger partial charge in [-0.25, -0.2) is 4.39 Å². The lowest BCUT2D eigenvalue weighted by Gasteiger charge is -2.05. The third kappa shape index (κ3) is 2.82.